The molecule has 2 nitrogen and oxygen atoms in total. The molecule has 0 amide bonds. The van der Waals surface area contributed by atoms with E-state index < -0.39 is 0 Å². The number of nitrogens with zero attached hydrogens (tertiary/aromatic N) is 1. The van der Waals surface area contributed by atoms with Crippen LogP contribution in [0.1, 0.15) is 42.1 Å². The van der Waals surface area contributed by atoms with E-state index in [1.807, 2.05) is 30.6 Å². The van der Waals surface area contributed by atoms with Gasteiger partial charge in [0.2, 0.25) is 0 Å². The van der Waals surface area contributed by atoms with Gasteiger partial charge in [-0.3, -0.25) is 4.98 Å². The van der Waals surface area contributed by atoms with Crippen LogP contribution < -0.4 is 5.32 Å². The van der Waals surface area contributed by atoms with Crippen molar-refractivity contribution in [1.82, 2.24) is 10.3 Å². The molecule has 1 aliphatic carbocycles. The van der Waals surface area contributed by atoms with Crippen molar-refractivity contribution < 1.29 is 4.39 Å². The van der Waals surface area contributed by atoms with E-state index in [9.17, 15) is 4.39 Å². The van der Waals surface area contributed by atoms with Gasteiger partial charge in [-0.25, -0.2) is 4.39 Å². The van der Waals surface area contributed by atoms with Crippen molar-refractivity contribution in [2.24, 2.45) is 0 Å². The Labute approximate surface area is 112 Å². The lowest BCUT2D eigenvalue weighted by atomic mass is 10.1. The number of nitrogens with one attached hydrogen (secondary N) is 1. The van der Waals surface area contributed by atoms with Gasteiger partial charge in [-0.15, -0.1) is 0 Å². The Bertz CT molecular complexity index is 568. The summed E-state index contributed by atoms with van der Waals surface area (Å²) < 4.78 is 13.2. The topological polar surface area (TPSA) is 24.9 Å². The lowest BCUT2D eigenvalue weighted by Crippen LogP contribution is -2.23. The van der Waals surface area contributed by atoms with Gasteiger partial charge in [-0.1, -0.05) is 6.07 Å². The van der Waals surface area contributed by atoms with Crippen molar-refractivity contribution in [3.8, 4) is 0 Å². The first-order valence-corrected chi connectivity index (χ1v) is 6.68. The number of fused-ring (bicyclic) bond motifs is 1. The molecule has 98 valence electrons. The number of pyridine rings is 1. The molecule has 19 heavy (non-hydrogen) atoms. The van der Waals surface area contributed by atoms with E-state index in [1.165, 1.54) is 11.1 Å². The van der Waals surface area contributed by atoms with Gasteiger partial charge < -0.3 is 5.32 Å². The Morgan fingerprint density at radius 3 is 2.84 bits per heavy atom. The molecular formula is C16H17FN2. The quantitative estimate of drug-likeness (QED) is 0.908. The Morgan fingerprint density at radius 2 is 2.05 bits per heavy atom. The first-order chi connectivity index (χ1) is 9.24. The molecule has 1 N–H and O–H groups in total. The van der Waals surface area contributed by atoms with Crippen LogP contribution in [0.5, 0.6) is 0 Å². The molecule has 1 aromatic heterocycles. The van der Waals surface area contributed by atoms with Crippen LogP contribution in [-0.2, 0) is 6.42 Å². The molecule has 2 atom stereocenters. The Balaban J connectivity index is 1.76. The Morgan fingerprint density at radius 1 is 1.26 bits per heavy atom. The maximum atomic E-state index is 13.2. The molecule has 1 aliphatic rings. The van der Waals surface area contributed by atoms with Gasteiger partial charge >= 0.3 is 0 Å². The predicted octanol–water partition coefficient (Wildman–Crippen LogP) is 3.56. The Hall–Kier alpha value is -1.74. The molecule has 0 bridgehead atoms. The van der Waals surface area contributed by atoms with E-state index in [0.29, 0.717) is 6.04 Å². The summed E-state index contributed by atoms with van der Waals surface area (Å²) in [7, 11) is 0. The molecule has 0 fully saturated rings. The maximum Gasteiger partial charge on any atom is 0.123 e. The zero-order valence-electron chi connectivity index (χ0n) is 10.9. The number of hydrogen-bond acceptors (Lipinski definition) is 2. The van der Waals surface area contributed by atoms with Crippen LogP contribution in [0.15, 0.2) is 42.7 Å². The fourth-order valence-electron chi connectivity index (χ4n) is 2.81. The number of aryl methyl sites for hydroxylation is 1. The molecule has 0 aliphatic heterocycles. The third-order valence-corrected chi connectivity index (χ3v) is 3.84. The fourth-order valence-corrected chi connectivity index (χ4v) is 2.81. The van der Waals surface area contributed by atoms with Crippen LogP contribution in [0.2, 0.25) is 0 Å². The second kappa shape index (κ2) is 5.10. The SMILES string of the molecule is C[C@@H](NC1CCc2cc(F)ccc21)c1ccncc1. The van der Waals surface area contributed by atoms with Crippen molar-refractivity contribution in [1.29, 1.82) is 0 Å². The molecule has 3 rings (SSSR count). The minimum absolute atomic E-state index is 0.137. The highest BCUT2D eigenvalue weighted by atomic mass is 19.1. The summed E-state index contributed by atoms with van der Waals surface area (Å²) in [6.45, 7) is 2.15. The number of halogens is 1. The van der Waals surface area contributed by atoms with E-state index in [2.05, 4.69) is 17.2 Å². The second-order valence-electron chi connectivity index (χ2n) is 5.10. The summed E-state index contributed by atoms with van der Waals surface area (Å²) in [5, 5.41) is 3.62. The first kappa shape index (κ1) is 12.3. The van der Waals surface area contributed by atoms with Gasteiger partial charge in [-0.2, -0.15) is 0 Å². The van der Waals surface area contributed by atoms with Crippen LogP contribution in [-0.4, -0.2) is 4.98 Å². The van der Waals surface area contributed by atoms with Gasteiger partial charge in [0.05, 0.1) is 0 Å². The van der Waals surface area contributed by atoms with E-state index in [4.69, 9.17) is 0 Å². The van der Waals surface area contributed by atoms with Crippen LogP contribution in [0.3, 0.4) is 0 Å². The summed E-state index contributed by atoms with van der Waals surface area (Å²) in [4.78, 5) is 4.04. The van der Waals surface area contributed by atoms with Gasteiger partial charge in [0.25, 0.3) is 0 Å². The number of hydrogen-bond donors (Lipinski definition) is 1. The van der Waals surface area contributed by atoms with E-state index in [1.54, 1.807) is 12.1 Å². The van der Waals surface area contributed by atoms with Gasteiger partial charge in [0, 0.05) is 24.5 Å². The molecule has 1 unspecified atom stereocenters. The zero-order valence-corrected chi connectivity index (χ0v) is 10.9. The largest absolute Gasteiger partial charge is 0.303 e. The van der Waals surface area contributed by atoms with E-state index in [-0.39, 0.29) is 11.9 Å². The van der Waals surface area contributed by atoms with Crippen LogP contribution in [0.4, 0.5) is 4.39 Å². The molecule has 0 spiro atoms. The highest BCUT2D eigenvalue weighted by Gasteiger charge is 2.24. The average molecular weight is 256 g/mol. The third-order valence-electron chi connectivity index (χ3n) is 3.84. The number of benzene rings is 1. The molecule has 0 saturated heterocycles. The third kappa shape index (κ3) is 2.51. The van der Waals surface area contributed by atoms with Gasteiger partial charge in [-0.05, 0) is 60.7 Å². The Kier molecular flexibility index (Phi) is 3.30. The first-order valence-electron chi connectivity index (χ1n) is 6.68. The maximum absolute atomic E-state index is 13.2. The summed E-state index contributed by atoms with van der Waals surface area (Å²) in [5.41, 5.74) is 3.60. The van der Waals surface area contributed by atoms with E-state index in [0.717, 1.165) is 18.4 Å². The fraction of sp³-hybridized carbons (Fsp3) is 0.312. The summed E-state index contributed by atoms with van der Waals surface area (Å²) >= 11 is 0. The lowest BCUT2D eigenvalue weighted by Gasteiger charge is -2.20. The molecule has 1 heterocycles. The normalized spacial score (nSPS) is 19.2. The molecule has 1 aromatic carbocycles. The predicted molar refractivity (Wildman–Crippen MR) is 73.2 cm³/mol. The van der Waals surface area contributed by atoms with Crippen molar-refractivity contribution in [2.75, 3.05) is 0 Å². The molecular weight excluding hydrogens is 239 g/mol. The highest BCUT2D eigenvalue weighted by Crippen LogP contribution is 2.33. The number of aromatic nitrogens is 1. The summed E-state index contributed by atoms with van der Waals surface area (Å²) in [6, 6.07) is 9.76. The van der Waals surface area contributed by atoms with Crippen molar-refractivity contribution in [2.45, 2.75) is 31.8 Å². The molecule has 3 heteroatoms. The average Bonchev–Trinajstić information content (AvgIpc) is 2.82. The second-order valence-corrected chi connectivity index (χ2v) is 5.10. The van der Waals surface area contributed by atoms with Crippen LogP contribution in [0.25, 0.3) is 0 Å². The highest BCUT2D eigenvalue weighted by molar-refractivity contribution is 5.35. The molecule has 0 saturated carbocycles. The molecule has 2 aromatic rings. The van der Waals surface area contributed by atoms with E-state index >= 15 is 0 Å². The van der Waals surface area contributed by atoms with Crippen molar-refractivity contribution >= 4 is 0 Å². The molecule has 0 radical (unpaired) electrons. The van der Waals surface area contributed by atoms with Crippen LogP contribution in [0, 0.1) is 5.82 Å². The lowest BCUT2D eigenvalue weighted by molar-refractivity contribution is 0.464. The van der Waals surface area contributed by atoms with Crippen LogP contribution >= 0.6 is 0 Å². The summed E-state index contributed by atoms with van der Waals surface area (Å²) in [5.74, 6) is -0.137. The minimum Gasteiger partial charge on any atom is -0.303 e. The monoisotopic (exact) mass is 256 g/mol. The summed E-state index contributed by atoms with van der Waals surface area (Å²) in [6.07, 6.45) is 5.61. The van der Waals surface area contributed by atoms with Crippen molar-refractivity contribution in [3.05, 3.63) is 65.2 Å². The minimum atomic E-state index is -0.137. The smallest absolute Gasteiger partial charge is 0.123 e. The standard InChI is InChI=1S/C16H17FN2/c1-11(12-6-8-18-9-7-12)19-16-5-2-13-10-14(17)3-4-15(13)16/h3-4,6-11,16,19H,2,5H2,1H3/t11-,16?/m1/s1. The van der Waals surface area contributed by atoms with Gasteiger partial charge in [0.1, 0.15) is 5.82 Å². The van der Waals surface area contributed by atoms with Crippen molar-refractivity contribution in [3.63, 3.8) is 0 Å². The van der Waals surface area contributed by atoms with Gasteiger partial charge in [0.15, 0.2) is 0 Å². The number of rotatable bonds is 3. The zero-order chi connectivity index (χ0) is 13.2.